The molecule has 2 nitrogen and oxygen atoms in total. The van der Waals surface area contributed by atoms with E-state index in [4.69, 9.17) is 4.74 Å². The molecule has 0 atom stereocenters. The highest BCUT2D eigenvalue weighted by Gasteiger charge is 2.21. The lowest BCUT2D eigenvalue weighted by molar-refractivity contribution is 0.0734. The number of halogens is 1. The summed E-state index contributed by atoms with van der Waals surface area (Å²) >= 11 is 0. The Morgan fingerprint density at radius 3 is 2.21 bits per heavy atom. The lowest BCUT2D eigenvalue weighted by Crippen LogP contribution is -2.13. The Bertz CT molecular complexity index is 668. The summed E-state index contributed by atoms with van der Waals surface area (Å²) in [5.74, 6) is 1.07. The van der Waals surface area contributed by atoms with E-state index in [9.17, 15) is 9.18 Å². The first kappa shape index (κ1) is 16.7. The lowest BCUT2D eigenvalue weighted by atomic mass is 9.78. The molecule has 0 unspecified atom stereocenters. The molecule has 126 valence electrons. The van der Waals surface area contributed by atoms with Crippen molar-refractivity contribution in [2.24, 2.45) is 5.92 Å². The largest absolute Gasteiger partial charge is 0.423 e. The van der Waals surface area contributed by atoms with Crippen LogP contribution in [-0.4, -0.2) is 5.97 Å². The molecule has 0 heterocycles. The van der Waals surface area contributed by atoms with Crippen LogP contribution < -0.4 is 4.74 Å². The van der Waals surface area contributed by atoms with Crippen molar-refractivity contribution < 1.29 is 13.9 Å². The number of hydrogen-bond donors (Lipinski definition) is 0. The van der Waals surface area contributed by atoms with Gasteiger partial charge in [-0.3, -0.25) is 0 Å². The minimum Gasteiger partial charge on any atom is -0.423 e. The second kappa shape index (κ2) is 7.61. The van der Waals surface area contributed by atoms with Crippen LogP contribution in [0.4, 0.5) is 4.39 Å². The second-order valence-electron chi connectivity index (χ2n) is 6.59. The van der Waals surface area contributed by atoms with E-state index in [1.165, 1.54) is 61.9 Å². The second-order valence-corrected chi connectivity index (χ2v) is 6.59. The summed E-state index contributed by atoms with van der Waals surface area (Å²) in [6, 6.07) is 13.2. The topological polar surface area (TPSA) is 26.3 Å². The molecule has 2 aromatic rings. The highest BCUT2D eigenvalue weighted by Crippen LogP contribution is 2.36. The van der Waals surface area contributed by atoms with Crippen molar-refractivity contribution in [3.63, 3.8) is 0 Å². The zero-order valence-electron chi connectivity index (χ0n) is 14.0. The zero-order chi connectivity index (χ0) is 16.9. The maximum Gasteiger partial charge on any atom is 0.343 e. The molecule has 2 aromatic carbocycles. The van der Waals surface area contributed by atoms with Crippen LogP contribution in [0.1, 0.15) is 60.9 Å². The fraction of sp³-hybridized carbons (Fsp3) is 0.381. The maximum atomic E-state index is 12.9. The Labute approximate surface area is 142 Å². The molecule has 0 radical (unpaired) electrons. The summed E-state index contributed by atoms with van der Waals surface area (Å²) in [4.78, 5) is 12.2. The monoisotopic (exact) mass is 326 g/mol. The van der Waals surface area contributed by atoms with E-state index in [-0.39, 0.29) is 5.82 Å². The van der Waals surface area contributed by atoms with Crippen molar-refractivity contribution in [2.75, 3.05) is 0 Å². The molecule has 0 spiro atoms. The minimum absolute atomic E-state index is 0.350. The minimum atomic E-state index is -0.414. The first-order valence-corrected chi connectivity index (χ1v) is 8.73. The quantitative estimate of drug-likeness (QED) is 0.530. The summed E-state index contributed by atoms with van der Waals surface area (Å²) in [7, 11) is 0. The predicted molar refractivity (Wildman–Crippen MR) is 92.8 cm³/mol. The highest BCUT2D eigenvalue weighted by atomic mass is 19.1. The Kier molecular flexibility index (Phi) is 5.29. The highest BCUT2D eigenvalue weighted by molar-refractivity contribution is 5.91. The average molecular weight is 326 g/mol. The Morgan fingerprint density at radius 2 is 1.62 bits per heavy atom. The van der Waals surface area contributed by atoms with Gasteiger partial charge in [0.05, 0.1) is 5.56 Å². The normalized spacial score (nSPS) is 20.6. The standard InChI is InChI=1S/C21H23FO2/c1-2-15-3-5-16(6-4-15)17-7-9-18(10-8-17)21(23)24-20-13-11-19(22)12-14-20/h7-16H,2-6H2,1H3. The van der Waals surface area contributed by atoms with E-state index in [0.29, 0.717) is 17.2 Å². The summed E-state index contributed by atoms with van der Waals surface area (Å²) in [6.45, 7) is 2.27. The van der Waals surface area contributed by atoms with E-state index < -0.39 is 5.97 Å². The van der Waals surface area contributed by atoms with Gasteiger partial charge in [-0.25, -0.2) is 9.18 Å². The molecule has 3 heteroatoms. The third-order valence-corrected chi connectivity index (χ3v) is 5.07. The van der Waals surface area contributed by atoms with Gasteiger partial charge in [-0.05, 0) is 79.5 Å². The summed E-state index contributed by atoms with van der Waals surface area (Å²) in [5, 5.41) is 0. The van der Waals surface area contributed by atoms with Gasteiger partial charge in [-0.1, -0.05) is 25.5 Å². The van der Waals surface area contributed by atoms with Gasteiger partial charge in [0.1, 0.15) is 11.6 Å². The molecular formula is C21H23FO2. The molecule has 1 saturated carbocycles. The molecule has 0 saturated heterocycles. The van der Waals surface area contributed by atoms with Crippen molar-refractivity contribution in [2.45, 2.75) is 44.9 Å². The first-order chi connectivity index (χ1) is 11.7. The van der Waals surface area contributed by atoms with Gasteiger partial charge in [-0.15, -0.1) is 0 Å². The molecular weight excluding hydrogens is 303 g/mol. The average Bonchev–Trinajstić information content (AvgIpc) is 2.64. The van der Waals surface area contributed by atoms with Gasteiger partial charge < -0.3 is 4.74 Å². The fourth-order valence-electron chi connectivity index (χ4n) is 3.46. The number of ether oxygens (including phenoxy) is 1. The van der Waals surface area contributed by atoms with E-state index >= 15 is 0 Å². The third kappa shape index (κ3) is 4.02. The van der Waals surface area contributed by atoms with Gasteiger partial charge in [-0.2, -0.15) is 0 Å². The van der Waals surface area contributed by atoms with Crippen molar-refractivity contribution in [3.8, 4) is 5.75 Å². The maximum absolute atomic E-state index is 12.9. The summed E-state index contributed by atoms with van der Waals surface area (Å²) in [5.41, 5.74) is 1.83. The molecule has 24 heavy (non-hydrogen) atoms. The number of benzene rings is 2. The van der Waals surface area contributed by atoms with Crippen molar-refractivity contribution in [3.05, 3.63) is 65.5 Å². The SMILES string of the molecule is CCC1CCC(c2ccc(C(=O)Oc3ccc(F)cc3)cc2)CC1. The van der Waals surface area contributed by atoms with Crippen LogP contribution in [-0.2, 0) is 0 Å². The first-order valence-electron chi connectivity index (χ1n) is 8.73. The molecule has 0 aliphatic heterocycles. The molecule has 0 aromatic heterocycles. The number of esters is 1. The fourth-order valence-corrected chi connectivity index (χ4v) is 3.46. The van der Waals surface area contributed by atoms with E-state index in [1.54, 1.807) is 0 Å². The molecule has 3 rings (SSSR count). The third-order valence-electron chi connectivity index (χ3n) is 5.07. The molecule has 1 aliphatic rings. The van der Waals surface area contributed by atoms with E-state index in [0.717, 1.165) is 5.92 Å². The van der Waals surface area contributed by atoms with Crippen molar-refractivity contribution in [1.29, 1.82) is 0 Å². The van der Waals surface area contributed by atoms with E-state index in [1.807, 2.05) is 24.3 Å². The number of rotatable bonds is 4. The van der Waals surface area contributed by atoms with Crippen LogP contribution in [0.3, 0.4) is 0 Å². The number of hydrogen-bond acceptors (Lipinski definition) is 2. The molecule has 0 bridgehead atoms. The van der Waals surface area contributed by atoms with Crippen LogP contribution in [0.25, 0.3) is 0 Å². The molecule has 1 fully saturated rings. The van der Waals surface area contributed by atoms with Gasteiger partial charge >= 0.3 is 5.97 Å². The molecule has 0 N–H and O–H groups in total. The Balaban J connectivity index is 1.61. The van der Waals surface area contributed by atoms with Crippen molar-refractivity contribution in [1.82, 2.24) is 0 Å². The van der Waals surface area contributed by atoms with Gasteiger partial charge in [0.15, 0.2) is 0 Å². The van der Waals surface area contributed by atoms with Crippen LogP contribution >= 0.6 is 0 Å². The lowest BCUT2D eigenvalue weighted by Gasteiger charge is -2.28. The molecule has 0 amide bonds. The predicted octanol–water partition coefficient (Wildman–Crippen LogP) is 5.73. The Morgan fingerprint density at radius 1 is 1.00 bits per heavy atom. The van der Waals surface area contributed by atoms with E-state index in [2.05, 4.69) is 6.92 Å². The van der Waals surface area contributed by atoms with Crippen LogP contribution in [0, 0.1) is 11.7 Å². The van der Waals surface area contributed by atoms with Crippen LogP contribution in [0.2, 0.25) is 0 Å². The zero-order valence-corrected chi connectivity index (χ0v) is 14.0. The summed E-state index contributed by atoms with van der Waals surface area (Å²) in [6.07, 6.45) is 6.35. The van der Waals surface area contributed by atoms with Gasteiger partial charge in [0.2, 0.25) is 0 Å². The smallest absolute Gasteiger partial charge is 0.343 e. The Hall–Kier alpha value is -2.16. The van der Waals surface area contributed by atoms with Gasteiger partial charge in [0, 0.05) is 0 Å². The molecule has 1 aliphatic carbocycles. The van der Waals surface area contributed by atoms with Crippen LogP contribution in [0.5, 0.6) is 5.75 Å². The van der Waals surface area contributed by atoms with Gasteiger partial charge in [0.25, 0.3) is 0 Å². The van der Waals surface area contributed by atoms with Crippen LogP contribution in [0.15, 0.2) is 48.5 Å². The number of carbonyl (C=O) groups excluding carboxylic acids is 1. The van der Waals surface area contributed by atoms with Crippen molar-refractivity contribution >= 4 is 5.97 Å². The number of carbonyl (C=O) groups is 1. The summed E-state index contributed by atoms with van der Waals surface area (Å²) < 4.78 is 18.1.